The summed E-state index contributed by atoms with van der Waals surface area (Å²) in [6.45, 7) is 0. The van der Waals surface area contributed by atoms with Crippen LogP contribution in [0.25, 0.3) is 0 Å². The molecule has 2 aromatic rings. The molecule has 98 valence electrons. The number of anilines is 2. The highest BCUT2D eigenvalue weighted by Gasteiger charge is 2.21. The summed E-state index contributed by atoms with van der Waals surface area (Å²) in [6, 6.07) is 4.21. The van der Waals surface area contributed by atoms with Crippen molar-refractivity contribution in [2.24, 2.45) is 0 Å². The molecule has 0 unspecified atom stereocenters. The van der Waals surface area contributed by atoms with Gasteiger partial charge in [0.15, 0.2) is 5.13 Å². The molecule has 0 aliphatic heterocycles. The zero-order valence-electron chi connectivity index (χ0n) is 10.5. The van der Waals surface area contributed by atoms with Gasteiger partial charge in [0.1, 0.15) is 5.82 Å². The Morgan fingerprint density at radius 3 is 2.84 bits per heavy atom. The molecule has 1 aliphatic carbocycles. The molecule has 1 fully saturated rings. The third kappa shape index (κ3) is 2.73. The predicted octanol–water partition coefficient (Wildman–Crippen LogP) is 2.39. The van der Waals surface area contributed by atoms with Crippen LogP contribution >= 0.6 is 11.3 Å². The predicted molar refractivity (Wildman–Crippen MR) is 75.7 cm³/mol. The van der Waals surface area contributed by atoms with Crippen molar-refractivity contribution in [3.63, 3.8) is 0 Å². The molecule has 2 aromatic heterocycles. The lowest BCUT2D eigenvalue weighted by Gasteiger charge is -2.13. The fourth-order valence-electron chi connectivity index (χ4n) is 1.70. The van der Waals surface area contributed by atoms with E-state index in [2.05, 4.69) is 15.3 Å². The number of pyridine rings is 1. The van der Waals surface area contributed by atoms with E-state index >= 15 is 0 Å². The molecule has 0 aromatic carbocycles. The van der Waals surface area contributed by atoms with E-state index in [1.807, 2.05) is 11.4 Å². The van der Waals surface area contributed by atoms with Crippen molar-refractivity contribution in [3.8, 4) is 0 Å². The van der Waals surface area contributed by atoms with E-state index in [1.54, 1.807) is 25.5 Å². The highest BCUT2D eigenvalue weighted by atomic mass is 32.1. The number of nitrogens with zero attached hydrogens (tertiary/aromatic N) is 3. The number of aromatic nitrogens is 2. The van der Waals surface area contributed by atoms with E-state index in [0.29, 0.717) is 16.7 Å². The van der Waals surface area contributed by atoms with Crippen molar-refractivity contribution in [1.29, 1.82) is 0 Å². The minimum Gasteiger partial charge on any atom is -0.367 e. The molecular weight excluding hydrogens is 260 g/mol. The smallest absolute Gasteiger partial charge is 0.261 e. The standard InChI is InChI=1S/C13H14N4OS/c1-17(13-14-6-7-19-13)12(18)9-2-5-11(15-8-9)16-10-3-4-10/h2,5-8,10H,3-4H2,1H3,(H,15,16). The number of rotatable bonds is 4. The largest absolute Gasteiger partial charge is 0.367 e. The maximum atomic E-state index is 12.2. The molecule has 0 spiro atoms. The first-order chi connectivity index (χ1) is 9.24. The summed E-state index contributed by atoms with van der Waals surface area (Å²) in [5, 5.41) is 5.83. The van der Waals surface area contributed by atoms with Gasteiger partial charge in [-0.05, 0) is 25.0 Å². The molecule has 6 heteroatoms. The van der Waals surface area contributed by atoms with E-state index < -0.39 is 0 Å². The van der Waals surface area contributed by atoms with Gasteiger partial charge < -0.3 is 5.32 Å². The Morgan fingerprint density at radius 1 is 1.42 bits per heavy atom. The second-order valence-corrected chi connectivity index (χ2v) is 5.40. The highest BCUT2D eigenvalue weighted by Crippen LogP contribution is 2.24. The van der Waals surface area contributed by atoms with Crippen molar-refractivity contribution in [2.45, 2.75) is 18.9 Å². The summed E-state index contributed by atoms with van der Waals surface area (Å²) >= 11 is 1.44. The van der Waals surface area contributed by atoms with Gasteiger partial charge in [0.05, 0.1) is 5.56 Å². The summed E-state index contributed by atoms with van der Waals surface area (Å²) in [5.41, 5.74) is 0.569. The first kappa shape index (κ1) is 12.1. The number of thiazole rings is 1. The van der Waals surface area contributed by atoms with Crippen LogP contribution in [0.5, 0.6) is 0 Å². The molecule has 1 amide bonds. The van der Waals surface area contributed by atoms with Crippen LogP contribution in [-0.2, 0) is 0 Å². The van der Waals surface area contributed by atoms with Gasteiger partial charge in [-0.15, -0.1) is 11.3 Å². The molecule has 2 heterocycles. The number of nitrogens with one attached hydrogen (secondary N) is 1. The molecule has 1 aliphatic rings. The maximum absolute atomic E-state index is 12.2. The maximum Gasteiger partial charge on any atom is 0.261 e. The van der Waals surface area contributed by atoms with Gasteiger partial charge >= 0.3 is 0 Å². The first-order valence-corrected chi connectivity index (χ1v) is 7.02. The van der Waals surface area contributed by atoms with Crippen molar-refractivity contribution >= 4 is 28.2 Å². The quantitative estimate of drug-likeness (QED) is 0.930. The van der Waals surface area contributed by atoms with Crippen LogP contribution in [-0.4, -0.2) is 29.0 Å². The van der Waals surface area contributed by atoms with Crippen LogP contribution in [0, 0.1) is 0 Å². The van der Waals surface area contributed by atoms with Gasteiger partial charge in [0, 0.05) is 30.9 Å². The van der Waals surface area contributed by atoms with Crippen LogP contribution in [0.15, 0.2) is 29.9 Å². The summed E-state index contributed by atoms with van der Waals surface area (Å²) < 4.78 is 0. The number of hydrogen-bond acceptors (Lipinski definition) is 5. The van der Waals surface area contributed by atoms with Crippen LogP contribution in [0.4, 0.5) is 10.9 Å². The number of carbonyl (C=O) groups excluding carboxylic acids is 1. The van der Waals surface area contributed by atoms with Crippen LogP contribution in [0.3, 0.4) is 0 Å². The van der Waals surface area contributed by atoms with Gasteiger partial charge in [-0.25, -0.2) is 9.97 Å². The monoisotopic (exact) mass is 274 g/mol. The Labute approximate surface area is 115 Å². The van der Waals surface area contributed by atoms with Crippen molar-refractivity contribution in [3.05, 3.63) is 35.5 Å². The Balaban J connectivity index is 1.72. The summed E-state index contributed by atoms with van der Waals surface area (Å²) in [7, 11) is 1.72. The fraction of sp³-hybridized carbons (Fsp3) is 0.308. The lowest BCUT2D eigenvalue weighted by molar-refractivity contribution is 0.0992. The van der Waals surface area contributed by atoms with E-state index in [4.69, 9.17) is 0 Å². The molecule has 5 nitrogen and oxygen atoms in total. The van der Waals surface area contributed by atoms with Gasteiger partial charge in [0.2, 0.25) is 0 Å². The van der Waals surface area contributed by atoms with Crippen molar-refractivity contribution < 1.29 is 4.79 Å². The topological polar surface area (TPSA) is 58.1 Å². The van der Waals surface area contributed by atoms with Gasteiger partial charge in [-0.3, -0.25) is 9.69 Å². The van der Waals surface area contributed by atoms with Crippen LogP contribution in [0.1, 0.15) is 23.2 Å². The minimum absolute atomic E-state index is 0.0968. The van der Waals surface area contributed by atoms with Crippen LogP contribution < -0.4 is 10.2 Å². The van der Waals surface area contributed by atoms with Crippen molar-refractivity contribution in [1.82, 2.24) is 9.97 Å². The number of hydrogen-bond donors (Lipinski definition) is 1. The number of carbonyl (C=O) groups is 1. The molecule has 0 saturated heterocycles. The fourth-order valence-corrected chi connectivity index (χ4v) is 2.31. The summed E-state index contributed by atoms with van der Waals surface area (Å²) in [6.07, 6.45) is 5.70. The third-order valence-electron chi connectivity index (χ3n) is 2.95. The molecule has 1 N–H and O–H groups in total. The van der Waals surface area contributed by atoms with Crippen molar-refractivity contribution in [2.75, 3.05) is 17.3 Å². The van der Waals surface area contributed by atoms with Gasteiger partial charge in [0.25, 0.3) is 5.91 Å². The lowest BCUT2D eigenvalue weighted by Crippen LogP contribution is -2.26. The molecule has 19 heavy (non-hydrogen) atoms. The van der Waals surface area contributed by atoms with E-state index in [0.717, 1.165) is 5.82 Å². The second-order valence-electron chi connectivity index (χ2n) is 4.53. The van der Waals surface area contributed by atoms with Gasteiger partial charge in [-0.2, -0.15) is 0 Å². The molecule has 1 saturated carbocycles. The Hall–Kier alpha value is -1.95. The Bertz CT molecular complexity index is 563. The highest BCUT2D eigenvalue weighted by molar-refractivity contribution is 7.13. The molecule has 0 radical (unpaired) electrons. The molecular formula is C13H14N4OS. The average molecular weight is 274 g/mol. The normalized spacial score (nSPS) is 14.2. The zero-order chi connectivity index (χ0) is 13.2. The Morgan fingerprint density at radius 2 is 2.26 bits per heavy atom. The summed E-state index contributed by atoms with van der Waals surface area (Å²) in [4.78, 5) is 22.1. The minimum atomic E-state index is -0.0968. The first-order valence-electron chi connectivity index (χ1n) is 6.14. The third-order valence-corrected chi connectivity index (χ3v) is 3.80. The van der Waals surface area contributed by atoms with E-state index in [1.165, 1.54) is 29.1 Å². The molecule has 3 rings (SSSR count). The number of amides is 1. The molecule has 0 atom stereocenters. The second kappa shape index (κ2) is 4.97. The lowest BCUT2D eigenvalue weighted by atomic mass is 10.2. The zero-order valence-corrected chi connectivity index (χ0v) is 11.4. The Kier molecular flexibility index (Phi) is 3.16. The summed E-state index contributed by atoms with van der Waals surface area (Å²) in [5.74, 6) is 0.733. The van der Waals surface area contributed by atoms with Gasteiger partial charge in [-0.1, -0.05) is 0 Å². The average Bonchev–Trinajstić information content (AvgIpc) is 3.08. The van der Waals surface area contributed by atoms with Crippen LogP contribution in [0.2, 0.25) is 0 Å². The molecule has 0 bridgehead atoms. The van der Waals surface area contributed by atoms with E-state index in [9.17, 15) is 4.79 Å². The SMILES string of the molecule is CN(C(=O)c1ccc(NC2CC2)nc1)c1nccs1. The van der Waals surface area contributed by atoms with E-state index in [-0.39, 0.29) is 5.91 Å².